The maximum absolute atomic E-state index is 10.8. The molecule has 2 aromatic rings. The van der Waals surface area contributed by atoms with Gasteiger partial charge in [-0.05, 0) is 35.4 Å². The van der Waals surface area contributed by atoms with Gasteiger partial charge in [0.15, 0.2) is 6.29 Å². The van der Waals surface area contributed by atoms with Crippen LogP contribution in [0.4, 0.5) is 0 Å². The Morgan fingerprint density at radius 1 is 1.37 bits per heavy atom. The lowest BCUT2D eigenvalue weighted by Gasteiger charge is -2.09. The minimum Gasteiger partial charge on any atom is -0.507 e. The number of hydrogen-bond acceptors (Lipinski definition) is 6. The first-order valence-corrected chi connectivity index (χ1v) is 5.92. The molecule has 0 spiro atoms. The SMILES string of the molecule is O=Cc1c(O)cccc1OCCCCn1cnnn1. The topological polar surface area (TPSA) is 90.1 Å². The zero-order chi connectivity index (χ0) is 13.5. The van der Waals surface area contributed by atoms with Gasteiger partial charge in [-0.25, -0.2) is 4.68 Å². The van der Waals surface area contributed by atoms with E-state index in [1.165, 1.54) is 6.07 Å². The number of unbranched alkanes of at least 4 members (excludes halogenated alkanes) is 1. The summed E-state index contributed by atoms with van der Waals surface area (Å²) in [5.41, 5.74) is 0.183. The second-order valence-electron chi connectivity index (χ2n) is 3.94. The summed E-state index contributed by atoms with van der Waals surface area (Å²) in [4.78, 5) is 10.8. The van der Waals surface area contributed by atoms with Crippen LogP contribution in [-0.2, 0) is 6.54 Å². The van der Waals surface area contributed by atoms with E-state index in [1.807, 2.05) is 0 Å². The number of tetrazole rings is 1. The smallest absolute Gasteiger partial charge is 0.157 e. The molecule has 0 radical (unpaired) electrons. The third-order valence-electron chi connectivity index (χ3n) is 2.59. The Labute approximate surface area is 109 Å². The Morgan fingerprint density at radius 2 is 2.26 bits per heavy atom. The maximum Gasteiger partial charge on any atom is 0.157 e. The van der Waals surface area contributed by atoms with Crippen molar-refractivity contribution in [1.82, 2.24) is 20.2 Å². The first-order chi connectivity index (χ1) is 9.31. The van der Waals surface area contributed by atoms with Gasteiger partial charge in [0.2, 0.25) is 0 Å². The molecular weight excluding hydrogens is 248 g/mol. The highest BCUT2D eigenvalue weighted by Crippen LogP contribution is 2.25. The van der Waals surface area contributed by atoms with Crippen LogP contribution in [0.15, 0.2) is 24.5 Å². The van der Waals surface area contributed by atoms with E-state index in [4.69, 9.17) is 4.74 Å². The van der Waals surface area contributed by atoms with E-state index in [0.29, 0.717) is 18.6 Å². The molecule has 0 aliphatic carbocycles. The number of phenols is 1. The van der Waals surface area contributed by atoms with Crippen LogP contribution in [0.5, 0.6) is 11.5 Å². The van der Waals surface area contributed by atoms with E-state index in [1.54, 1.807) is 23.1 Å². The second-order valence-corrected chi connectivity index (χ2v) is 3.94. The van der Waals surface area contributed by atoms with Crippen molar-refractivity contribution in [1.29, 1.82) is 0 Å². The Bertz CT molecular complexity index is 528. The van der Waals surface area contributed by atoms with Crippen LogP contribution in [0.25, 0.3) is 0 Å². The zero-order valence-corrected chi connectivity index (χ0v) is 10.3. The van der Waals surface area contributed by atoms with Crippen molar-refractivity contribution in [3.05, 3.63) is 30.1 Å². The van der Waals surface area contributed by atoms with Gasteiger partial charge < -0.3 is 9.84 Å². The number of nitrogens with zero attached hydrogens (tertiary/aromatic N) is 4. The minimum absolute atomic E-state index is 0.0683. The Kier molecular flexibility index (Phi) is 4.44. The summed E-state index contributed by atoms with van der Waals surface area (Å²) < 4.78 is 7.12. The molecule has 0 fully saturated rings. The fraction of sp³-hybridized carbons (Fsp3) is 0.333. The highest BCUT2D eigenvalue weighted by atomic mass is 16.5. The van der Waals surface area contributed by atoms with Gasteiger partial charge in [-0.3, -0.25) is 4.79 Å². The van der Waals surface area contributed by atoms with Crippen LogP contribution in [-0.4, -0.2) is 38.2 Å². The third kappa shape index (κ3) is 3.51. The molecule has 1 aromatic carbocycles. The molecule has 1 heterocycles. The molecule has 0 bridgehead atoms. The van der Waals surface area contributed by atoms with E-state index in [0.717, 1.165) is 19.4 Å². The van der Waals surface area contributed by atoms with Gasteiger partial charge in [0.1, 0.15) is 17.8 Å². The molecule has 0 atom stereocenters. The number of carbonyl (C=O) groups excluding carboxylic acids is 1. The summed E-state index contributed by atoms with van der Waals surface area (Å²) in [5, 5.41) is 20.3. The van der Waals surface area contributed by atoms with Crippen molar-refractivity contribution < 1.29 is 14.6 Å². The van der Waals surface area contributed by atoms with Gasteiger partial charge in [0, 0.05) is 6.54 Å². The van der Waals surface area contributed by atoms with Gasteiger partial charge in [-0.2, -0.15) is 0 Å². The normalized spacial score (nSPS) is 10.3. The highest BCUT2D eigenvalue weighted by Gasteiger charge is 2.07. The number of aldehydes is 1. The van der Waals surface area contributed by atoms with Gasteiger partial charge in [0.05, 0.1) is 12.2 Å². The van der Waals surface area contributed by atoms with Crippen molar-refractivity contribution in [2.45, 2.75) is 19.4 Å². The van der Waals surface area contributed by atoms with Crippen LogP contribution < -0.4 is 4.74 Å². The van der Waals surface area contributed by atoms with E-state index >= 15 is 0 Å². The Morgan fingerprint density at radius 3 is 3.00 bits per heavy atom. The number of phenolic OH excluding ortho intramolecular Hbond substituents is 1. The van der Waals surface area contributed by atoms with E-state index in [-0.39, 0.29) is 11.3 Å². The van der Waals surface area contributed by atoms with Crippen molar-refractivity contribution >= 4 is 6.29 Å². The lowest BCUT2D eigenvalue weighted by molar-refractivity contribution is 0.111. The molecule has 0 aliphatic rings. The number of aromatic hydroxyl groups is 1. The van der Waals surface area contributed by atoms with E-state index in [9.17, 15) is 9.90 Å². The fourth-order valence-corrected chi connectivity index (χ4v) is 1.62. The van der Waals surface area contributed by atoms with Gasteiger partial charge in [0.25, 0.3) is 0 Å². The van der Waals surface area contributed by atoms with Crippen LogP contribution in [0.3, 0.4) is 0 Å². The van der Waals surface area contributed by atoms with Crippen molar-refractivity contribution in [3.63, 3.8) is 0 Å². The molecule has 0 amide bonds. The predicted molar refractivity (Wildman–Crippen MR) is 66.0 cm³/mol. The fourth-order valence-electron chi connectivity index (χ4n) is 1.62. The molecule has 1 N–H and O–H groups in total. The van der Waals surface area contributed by atoms with Crippen LogP contribution >= 0.6 is 0 Å². The van der Waals surface area contributed by atoms with Gasteiger partial charge >= 0.3 is 0 Å². The van der Waals surface area contributed by atoms with Crippen molar-refractivity contribution in [3.8, 4) is 11.5 Å². The number of ether oxygens (including phenoxy) is 1. The van der Waals surface area contributed by atoms with Crippen LogP contribution in [0.2, 0.25) is 0 Å². The average Bonchev–Trinajstić information content (AvgIpc) is 2.92. The minimum atomic E-state index is -0.0683. The van der Waals surface area contributed by atoms with E-state index < -0.39 is 0 Å². The number of aromatic nitrogens is 4. The number of rotatable bonds is 7. The standard InChI is InChI=1S/C12H14N4O3/c17-8-10-11(18)4-3-5-12(10)19-7-2-1-6-16-9-13-14-15-16/h3-5,8-9,18H,1-2,6-7H2. The molecular formula is C12H14N4O3. The monoisotopic (exact) mass is 262 g/mol. The summed E-state index contributed by atoms with van der Waals surface area (Å²) in [7, 11) is 0. The summed E-state index contributed by atoms with van der Waals surface area (Å²) in [6.45, 7) is 1.18. The first kappa shape index (κ1) is 13.0. The van der Waals surface area contributed by atoms with Crippen LogP contribution in [0.1, 0.15) is 23.2 Å². The summed E-state index contributed by atoms with van der Waals surface area (Å²) in [6.07, 6.45) is 3.81. The highest BCUT2D eigenvalue weighted by molar-refractivity contribution is 5.83. The number of benzene rings is 1. The van der Waals surface area contributed by atoms with Gasteiger partial charge in [-0.15, -0.1) is 5.10 Å². The quantitative estimate of drug-likeness (QED) is 0.592. The summed E-state index contributed by atoms with van der Waals surface area (Å²) >= 11 is 0. The number of aryl methyl sites for hydroxylation is 1. The van der Waals surface area contributed by atoms with E-state index in [2.05, 4.69) is 15.5 Å². The Balaban J connectivity index is 1.76. The molecule has 0 saturated heterocycles. The maximum atomic E-state index is 10.8. The average molecular weight is 262 g/mol. The number of hydrogen-bond donors (Lipinski definition) is 1. The number of carbonyl (C=O) groups is 1. The van der Waals surface area contributed by atoms with Crippen LogP contribution in [0, 0.1) is 0 Å². The zero-order valence-electron chi connectivity index (χ0n) is 10.3. The first-order valence-electron chi connectivity index (χ1n) is 5.92. The van der Waals surface area contributed by atoms with Gasteiger partial charge in [-0.1, -0.05) is 6.07 Å². The molecule has 7 nitrogen and oxygen atoms in total. The molecule has 0 aliphatic heterocycles. The Hall–Kier alpha value is -2.44. The summed E-state index contributed by atoms with van der Waals surface area (Å²) in [6, 6.07) is 4.75. The molecule has 7 heteroatoms. The molecule has 0 saturated carbocycles. The van der Waals surface area contributed by atoms with Crippen molar-refractivity contribution in [2.24, 2.45) is 0 Å². The van der Waals surface area contributed by atoms with Crippen molar-refractivity contribution in [2.75, 3.05) is 6.61 Å². The molecule has 100 valence electrons. The molecule has 2 rings (SSSR count). The second kappa shape index (κ2) is 6.48. The third-order valence-corrected chi connectivity index (χ3v) is 2.59. The summed E-state index contributed by atoms with van der Waals surface area (Å²) in [5.74, 6) is 0.332. The predicted octanol–water partition coefficient (Wildman–Crippen LogP) is 1.05. The lowest BCUT2D eigenvalue weighted by atomic mass is 10.2. The molecule has 19 heavy (non-hydrogen) atoms. The molecule has 1 aromatic heterocycles. The largest absolute Gasteiger partial charge is 0.507 e. The molecule has 0 unspecified atom stereocenters. The lowest BCUT2D eigenvalue weighted by Crippen LogP contribution is -2.04.